The lowest BCUT2D eigenvalue weighted by atomic mass is 9.96. The van der Waals surface area contributed by atoms with Crippen LogP contribution < -0.4 is 5.73 Å². The lowest BCUT2D eigenvalue weighted by Gasteiger charge is -2.39. The molecule has 0 saturated carbocycles. The third kappa shape index (κ3) is 3.36. The molecule has 2 unspecified atom stereocenters. The zero-order valence-electron chi connectivity index (χ0n) is 12.0. The van der Waals surface area contributed by atoms with Crippen molar-refractivity contribution in [3.05, 3.63) is 21.8 Å². The number of likely N-dealkylation sites (tertiary alicyclic amines) is 1. The Hall–Kier alpha value is -0.760. The number of hydrogen-bond donors (Lipinski definition) is 1. The predicted molar refractivity (Wildman–Crippen MR) is 87.0 cm³/mol. The molecule has 0 aliphatic carbocycles. The average molecular weight is 371 g/mol. The van der Waals surface area contributed by atoms with E-state index in [2.05, 4.69) is 38.0 Å². The standard InChI is InChI=1S/C14H19BrN4OS/c1-9-3-2-4-10(7-16)19(9)8-13-17-18-14(20-13)11-5-6-12(15)21-11/h5-6,9-10H,2-4,7-8,16H2,1H3. The summed E-state index contributed by atoms with van der Waals surface area (Å²) in [7, 11) is 0. The topological polar surface area (TPSA) is 68.2 Å². The zero-order valence-corrected chi connectivity index (χ0v) is 14.4. The molecule has 0 aromatic carbocycles. The molecule has 2 N–H and O–H groups in total. The molecular formula is C14H19BrN4OS. The minimum absolute atomic E-state index is 0.417. The van der Waals surface area contributed by atoms with E-state index in [4.69, 9.17) is 10.2 Å². The molecule has 1 aliphatic heterocycles. The molecule has 1 fully saturated rings. The van der Waals surface area contributed by atoms with E-state index in [-0.39, 0.29) is 0 Å². The summed E-state index contributed by atoms with van der Waals surface area (Å²) in [5, 5.41) is 8.35. The van der Waals surface area contributed by atoms with Gasteiger partial charge in [-0.2, -0.15) is 0 Å². The van der Waals surface area contributed by atoms with E-state index in [1.165, 1.54) is 12.8 Å². The van der Waals surface area contributed by atoms with Crippen LogP contribution in [0.4, 0.5) is 0 Å². The lowest BCUT2D eigenvalue weighted by molar-refractivity contribution is 0.0797. The minimum atomic E-state index is 0.417. The van der Waals surface area contributed by atoms with Crippen molar-refractivity contribution in [3.63, 3.8) is 0 Å². The molecule has 0 radical (unpaired) electrons. The van der Waals surface area contributed by atoms with Crippen LogP contribution in [-0.4, -0.2) is 33.7 Å². The van der Waals surface area contributed by atoms with Gasteiger partial charge in [0.2, 0.25) is 5.89 Å². The van der Waals surface area contributed by atoms with Crippen LogP contribution in [-0.2, 0) is 6.54 Å². The molecule has 114 valence electrons. The van der Waals surface area contributed by atoms with Gasteiger partial charge in [0.1, 0.15) is 0 Å². The number of rotatable bonds is 4. The van der Waals surface area contributed by atoms with Gasteiger partial charge in [-0.1, -0.05) is 6.42 Å². The Balaban J connectivity index is 1.74. The second kappa shape index (κ2) is 6.56. The number of nitrogens with two attached hydrogens (primary N) is 1. The summed E-state index contributed by atoms with van der Waals surface area (Å²) >= 11 is 5.04. The van der Waals surface area contributed by atoms with Crippen LogP contribution in [0, 0.1) is 0 Å². The number of hydrogen-bond acceptors (Lipinski definition) is 6. The predicted octanol–water partition coefficient (Wildman–Crippen LogP) is 3.26. The van der Waals surface area contributed by atoms with Crippen LogP contribution >= 0.6 is 27.3 Å². The van der Waals surface area contributed by atoms with Crippen LogP contribution in [0.5, 0.6) is 0 Å². The van der Waals surface area contributed by atoms with Crippen LogP contribution in [0.25, 0.3) is 10.8 Å². The molecule has 1 aliphatic rings. The average Bonchev–Trinajstić information content (AvgIpc) is 3.10. The molecule has 0 bridgehead atoms. The van der Waals surface area contributed by atoms with E-state index in [1.54, 1.807) is 11.3 Å². The summed E-state index contributed by atoms with van der Waals surface area (Å²) in [6, 6.07) is 4.90. The van der Waals surface area contributed by atoms with E-state index >= 15 is 0 Å². The third-order valence-electron chi connectivity index (χ3n) is 4.04. The number of halogens is 1. The Morgan fingerprint density at radius 2 is 2.29 bits per heavy atom. The van der Waals surface area contributed by atoms with Crippen molar-refractivity contribution in [3.8, 4) is 10.8 Å². The Morgan fingerprint density at radius 1 is 1.43 bits per heavy atom. The summed E-state index contributed by atoms with van der Waals surface area (Å²) in [6.07, 6.45) is 3.60. The molecule has 0 spiro atoms. The molecule has 1 saturated heterocycles. The van der Waals surface area contributed by atoms with E-state index < -0.39 is 0 Å². The molecular weight excluding hydrogens is 352 g/mol. The van der Waals surface area contributed by atoms with Gasteiger partial charge in [0, 0.05) is 18.6 Å². The van der Waals surface area contributed by atoms with Gasteiger partial charge in [-0.05, 0) is 47.8 Å². The van der Waals surface area contributed by atoms with E-state index in [0.717, 1.165) is 15.1 Å². The number of thiophene rings is 1. The smallest absolute Gasteiger partial charge is 0.257 e. The first-order valence-corrected chi connectivity index (χ1v) is 8.82. The first kappa shape index (κ1) is 15.1. The lowest BCUT2D eigenvalue weighted by Crippen LogP contribution is -2.48. The molecule has 2 aromatic heterocycles. The second-order valence-corrected chi connectivity index (χ2v) is 7.91. The van der Waals surface area contributed by atoms with Gasteiger partial charge in [0.15, 0.2) is 0 Å². The Kier molecular flexibility index (Phi) is 4.73. The molecule has 2 atom stereocenters. The normalized spacial score (nSPS) is 23.6. The fraction of sp³-hybridized carbons (Fsp3) is 0.571. The molecule has 3 rings (SSSR count). The largest absolute Gasteiger partial charge is 0.419 e. The quantitative estimate of drug-likeness (QED) is 0.894. The monoisotopic (exact) mass is 370 g/mol. The van der Waals surface area contributed by atoms with Crippen molar-refractivity contribution >= 4 is 27.3 Å². The molecule has 2 aromatic rings. The number of nitrogens with zero attached hydrogens (tertiary/aromatic N) is 3. The molecule has 7 heteroatoms. The second-order valence-electron chi connectivity index (χ2n) is 5.45. The maximum absolute atomic E-state index is 5.90. The van der Waals surface area contributed by atoms with Gasteiger partial charge < -0.3 is 10.2 Å². The first-order chi connectivity index (χ1) is 10.2. The van der Waals surface area contributed by atoms with E-state index in [9.17, 15) is 0 Å². The van der Waals surface area contributed by atoms with Crippen LogP contribution in [0.1, 0.15) is 32.1 Å². The van der Waals surface area contributed by atoms with Crippen LogP contribution in [0.2, 0.25) is 0 Å². The van der Waals surface area contributed by atoms with Gasteiger partial charge in [0.25, 0.3) is 5.89 Å². The maximum Gasteiger partial charge on any atom is 0.257 e. The summed E-state index contributed by atoms with van der Waals surface area (Å²) in [5.41, 5.74) is 5.90. The van der Waals surface area contributed by atoms with E-state index in [0.29, 0.717) is 37.0 Å². The van der Waals surface area contributed by atoms with Gasteiger partial charge in [0.05, 0.1) is 15.2 Å². The number of piperidine rings is 1. The van der Waals surface area contributed by atoms with Crippen molar-refractivity contribution in [1.29, 1.82) is 0 Å². The highest BCUT2D eigenvalue weighted by Gasteiger charge is 2.28. The number of aromatic nitrogens is 2. The molecule has 5 nitrogen and oxygen atoms in total. The molecule has 3 heterocycles. The van der Waals surface area contributed by atoms with Crippen molar-refractivity contribution in [2.75, 3.05) is 6.54 Å². The van der Waals surface area contributed by atoms with E-state index in [1.807, 2.05) is 12.1 Å². The fourth-order valence-corrected chi connectivity index (χ4v) is 4.19. The third-order valence-corrected chi connectivity index (χ3v) is 5.65. The Morgan fingerprint density at radius 3 is 3.00 bits per heavy atom. The van der Waals surface area contributed by atoms with Crippen molar-refractivity contribution in [1.82, 2.24) is 15.1 Å². The highest BCUT2D eigenvalue weighted by Crippen LogP contribution is 2.31. The van der Waals surface area contributed by atoms with Crippen LogP contribution in [0.15, 0.2) is 20.3 Å². The SMILES string of the molecule is CC1CCCC(CN)N1Cc1nnc(-c2ccc(Br)s2)o1. The highest BCUT2D eigenvalue weighted by atomic mass is 79.9. The van der Waals surface area contributed by atoms with Crippen molar-refractivity contribution < 1.29 is 4.42 Å². The van der Waals surface area contributed by atoms with Gasteiger partial charge in [-0.15, -0.1) is 21.5 Å². The van der Waals surface area contributed by atoms with Gasteiger partial charge in [-0.3, -0.25) is 4.90 Å². The summed E-state index contributed by atoms with van der Waals surface area (Å²) in [6.45, 7) is 3.61. The minimum Gasteiger partial charge on any atom is -0.419 e. The zero-order chi connectivity index (χ0) is 14.8. The Bertz CT molecular complexity index is 599. The summed E-state index contributed by atoms with van der Waals surface area (Å²) in [4.78, 5) is 3.38. The van der Waals surface area contributed by atoms with Crippen LogP contribution in [0.3, 0.4) is 0 Å². The van der Waals surface area contributed by atoms with Gasteiger partial charge >= 0.3 is 0 Å². The summed E-state index contributed by atoms with van der Waals surface area (Å²) < 4.78 is 6.87. The summed E-state index contributed by atoms with van der Waals surface area (Å²) in [5.74, 6) is 1.26. The van der Waals surface area contributed by atoms with Crippen molar-refractivity contribution in [2.24, 2.45) is 5.73 Å². The van der Waals surface area contributed by atoms with Crippen molar-refractivity contribution in [2.45, 2.75) is 44.8 Å². The molecule has 21 heavy (non-hydrogen) atoms. The maximum atomic E-state index is 5.90. The fourth-order valence-electron chi connectivity index (χ4n) is 2.88. The van der Waals surface area contributed by atoms with Gasteiger partial charge in [-0.25, -0.2) is 0 Å². The Labute approximate surface area is 136 Å². The first-order valence-electron chi connectivity index (χ1n) is 7.21. The molecule has 0 amide bonds. The highest BCUT2D eigenvalue weighted by molar-refractivity contribution is 9.11.